The number of carbonyl (C=O) groups excluding carboxylic acids is 3. The van der Waals surface area contributed by atoms with Gasteiger partial charge in [-0.3, -0.25) is 14.6 Å². The molecule has 0 bridgehead atoms. The average molecular weight is 565 g/mol. The number of pyridine rings is 1. The van der Waals surface area contributed by atoms with Gasteiger partial charge < -0.3 is 20.2 Å². The quantitative estimate of drug-likeness (QED) is 0.373. The van der Waals surface area contributed by atoms with Gasteiger partial charge >= 0.3 is 6.03 Å². The summed E-state index contributed by atoms with van der Waals surface area (Å²) in [6.45, 7) is 0.651. The number of nitrogens with zero attached hydrogens (tertiary/aromatic N) is 5. The lowest BCUT2D eigenvalue weighted by molar-refractivity contribution is -0.187. The minimum atomic E-state index is -0.834. The fourth-order valence-electron chi connectivity index (χ4n) is 5.75. The van der Waals surface area contributed by atoms with Gasteiger partial charge in [0.25, 0.3) is 0 Å². The molecule has 0 spiro atoms. The number of rotatable bonds is 6. The van der Waals surface area contributed by atoms with Crippen LogP contribution in [0.25, 0.3) is 10.9 Å². The third-order valence-electron chi connectivity index (χ3n) is 7.81. The van der Waals surface area contributed by atoms with E-state index < -0.39 is 12.2 Å². The third-order valence-corrected chi connectivity index (χ3v) is 7.81. The van der Waals surface area contributed by atoms with Crippen LogP contribution in [0.15, 0.2) is 91.0 Å². The largest absolute Gasteiger partial charge is 0.508 e. The summed E-state index contributed by atoms with van der Waals surface area (Å²) in [5.74, 6) is -0.320. The molecule has 10 nitrogen and oxygen atoms in total. The number of hydrogen-bond acceptors (Lipinski definition) is 6. The maximum atomic E-state index is 14.1. The number of hydrogen-bond donors (Lipinski definition) is 2. The Morgan fingerprint density at radius 1 is 0.929 bits per heavy atom. The molecule has 0 aliphatic carbocycles. The summed E-state index contributed by atoms with van der Waals surface area (Å²) < 4.78 is 0. The standard InChI is InChI=1S/C32H32N6O4/c1-35-21-30(40)37-28(17-22-11-15-26(39)16-12-22)31(41)36(19-25-14-13-24-9-5-6-10-27(24)34-25)20-29(37)38(35)32(42)33-18-23-7-3-2-4-8-23/h2-16,28-29,39H,17-21H2,1H3,(H,33,42)/t28-,29-/m0/s1. The Hall–Kier alpha value is -4.96. The smallest absolute Gasteiger partial charge is 0.334 e. The van der Waals surface area contributed by atoms with Crippen molar-refractivity contribution in [3.05, 3.63) is 108 Å². The van der Waals surface area contributed by atoms with Gasteiger partial charge in [-0.25, -0.2) is 14.8 Å². The van der Waals surface area contributed by atoms with Gasteiger partial charge in [-0.1, -0.05) is 66.7 Å². The summed E-state index contributed by atoms with van der Waals surface area (Å²) in [4.78, 5) is 49.2. The summed E-state index contributed by atoms with van der Waals surface area (Å²) in [5, 5.41) is 16.9. The van der Waals surface area contributed by atoms with E-state index >= 15 is 0 Å². The highest BCUT2D eigenvalue weighted by molar-refractivity contribution is 5.91. The predicted octanol–water partition coefficient (Wildman–Crippen LogP) is 3.12. The maximum Gasteiger partial charge on any atom is 0.334 e. The Morgan fingerprint density at radius 2 is 1.67 bits per heavy atom. The first-order valence-electron chi connectivity index (χ1n) is 13.9. The number of piperazine rings is 1. The van der Waals surface area contributed by atoms with E-state index in [-0.39, 0.29) is 49.7 Å². The van der Waals surface area contributed by atoms with E-state index in [1.165, 1.54) is 0 Å². The molecule has 42 heavy (non-hydrogen) atoms. The molecule has 3 heterocycles. The summed E-state index contributed by atoms with van der Waals surface area (Å²) in [6.07, 6.45) is -0.473. The molecular weight excluding hydrogens is 532 g/mol. The first kappa shape index (κ1) is 27.2. The second-order valence-electron chi connectivity index (χ2n) is 10.7. The van der Waals surface area contributed by atoms with Crippen molar-refractivity contribution in [2.24, 2.45) is 0 Å². The molecule has 2 fully saturated rings. The van der Waals surface area contributed by atoms with Crippen molar-refractivity contribution in [3.63, 3.8) is 0 Å². The Balaban J connectivity index is 1.32. The fraction of sp³-hybridized carbons (Fsp3) is 0.250. The number of hydrazine groups is 1. The van der Waals surface area contributed by atoms with Crippen molar-refractivity contribution >= 4 is 28.7 Å². The number of amides is 4. The van der Waals surface area contributed by atoms with Crippen LogP contribution in [0.3, 0.4) is 0 Å². The first-order chi connectivity index (χ1) is 20.4. The van der Waals surface area contributed by atoms with E-state index in [0.717, 1.165) is 27.7 Å². The average Bonchev–Trinajstić information content (AvgIpc) is 2.99. The summed E-state index contributed by atoms with van der Waals surface area (Å²) >= 11 is 0. The highest BCUT2D eigenvalue weighted by atomic mass is 16.3. The number of fused-ring (bicyclic) bond motifs is 2. The van der Waals surface area contributed by atoms with Crippen LogP contribution in [0, 0.1) is 0 Å². The number of benzene rings is 3. The van der Waals surface area contributed by atoms with Crippen LogP contribution in [-0.2, 0) is 29.1 Å². The number of para-hydroxylation sites is 1. The Kier molecular flexibility index (Phi) is 7.45. The molecule has 6 rings (SSSR count). The van der Waals surface area contributed by atoms with Gasteiger partial charge in [-0.15, -0.1) is 0 Å². The number of phenols is 1. The van der Waals surface area contributed by atoms with Gasteiger partial charge in [0, 0.05) is 25.4 Å². The molecule has 4 aromatic rings. The Bertz CT molecular complexity index is 1610. The highest BCUT2D eigenvalue weighted by Gasteiger charge is 2.50. The fourth-order valence-corrected chi connectivity index (χ4v) is 5.75. The first-order valence-corrected chi connectivity index (χ1v) is 13.9. The number of carbonyl (C=O) groups is 3. The third kappa shape index (κ3) is 5.48. The topological polar surface area (TPSA) is 109 Å². The molecule has 3 aromatic carbocycles. The summed E-state index contributed by atoms with van der Waals surface area (Å²) in [7, 11) is 1.71. The van der Waals surface area contributed by atoms with Crippen LogP contribution in [0.2, 0.25) is 0 Å². The van der Waals surface area contributed by atoms with E-state index in [9.17, 15) is 19.5 Å². The normalized spacial score (nSPS) is 19.2. The molecular formula is C32H32N6O4. The molecule has 0 saturated carbocycles. The Morgan fingerprint density at radius 3 is 2.45 bits per heavy atom. The van der Waals surface area contributed by atoms with Crippen LogP contribution in [0.4, 0.5) is 4.79 Å². The molecule has 2 saturated heterocycles. The molecule has 2 atom stereocenters. The number of aromatic hydroxyl groups is 1. The molecule has 1 aromatic heterocycles. The zero-order valence-electron chi connectivity index (χ0n) is 23.3. The van der Waals surface area contributed by atoms with Gasteiger partial charge in [0.05, 0.1) is 30.8 Å². The predicted molar refractivity (Wildman–Crippen MR) is 157 cm³/mol. The van der Waals surface area contributed by atoms with Crippen molar-refractivity contribution < 1.29 is 19.5 Å². The van der Waals surface area contributed by atoms with Gasteiger partial charge in [-0.05, 0) is 35.4 Å². The second-order valence-corrected chi connectivity index (χ2v) is 10.7. The zero-order valence-corrected chi connectivity index (χ0v) is 23.3. The van der Waals surface area contributed by atoms with Crippen LogP contribution in [-0.4, -0.2) is 80.1 Å². The van der Waals surface area contributed by atoms with Crippen molar-refractivity contribution in [1.82, 2.24) is 30.1 Å². The van der Waals surface area contributed by atoms with Gasteiger partial charge in [-0.2, -0.15) is 0 Å². The number of likely N-dealkylation sites (N-methyl/N-ethyl adjacent to an activating group) is 1. The number of nitrogens with one attached hydrogen (secondary N) is 1. The lowest BCUT2D eigenvalue weighted by Gasteiger charge is -2.54. The van der Waals surface area contributed by atoms with Crippen molar-refractivity contribution in [1.29, 1.82) is 0 Å². The monoisotopic (exact) mass is 564 g/mol. The van der Waals surface area contributed by atoms with E-state index in [1.807, 2.05) is 66.7 Å². The highest BCUT2D eigenvalue weighted by Crippen LogP contribution is 2.29. The van der Waals surface area contributed by atoms with Gasteiger partial charge in [0.2, 0.25) is 11.8 Å². The van der Waals surface area contributed by atoms with E-state index in [0.29, 0.717) is 6.54 Å². The molecule has 4 amide bonds. The van der Waals surface area contributed by atoms with Crippen molar-refractivity contribution in [3.8, 4) is 5.75 Å². The number of urea groups is 1. The van der Waals surface area contributed by atoms with Crippen LogP contribution in [0.5, 0.6) is 5.75 Å². The molecule has 0 radical (unpaired) electrons. The number of phenolic OH excluding ortho intramolecular Hbond substituents is 1. The molecule has 2 aliphatic rings. The molecule has 2 N–H and O–H groups in total. The number of aromatic nitrogens is 1. The van der Waals surface area contributed by atoms with E-state index in [2.05, 4.69) is 5.32 Å². The van der Waals surface area contributed by atoms with Gasteiger partial charge in [0.1, 0.15) is 18.0 Å². The maximum absolute atomic E-state index is 14.1. The minimum absolute atomic E-state index is 0.0408. The SMILES string of the molecule is CN1CC(=O)N2[C@@H](Cc3ccc(O)cc3)C(=O)N(Cc3ccc4ccccc4n3)C[C@@H]2N1C(=O)NCc1ccccc1. The molecule has 0 unspecified atom stereocenters. The Labute approximate surface area is 243 Å². The van der Waals surface area contributed by atoms with Crippen molar-refractivity contribution in [2.75, 3.05) is 20.1 Å². The molecule has 10 heteroatoms. The molecule has 2 aliphatic heterocycles. The van der Waals surface area contributed by atoms with E-state index in [4.69, 9.17) is 4.98 Å². The lowest BCUT2D eigenvalue weighted by atomic mass is 9.98. The molecule has 214 valence electrons. The van der Waals surface area contributed by atoms with Crippen LogP contribution < -0.4 is 5.32 Å². The zero-order chi connectivity index (χ0) is 29.2. The summed E-state index contributed by atoms with van der Waals surface area (Å²) in [6, 6.07) is 26.7. The lowest BCUT2D eigenvalue weighted by Crippen LogP contribution is -2.76. The minimum Gasteiger partial charge on any atom is -0.508 e. The van der Waals surface area contributed by atoms with Crippen LogP contribution >= 0.6 is 0 Å². The van der Waals surface area contributed by atoms with Gasteiger partial charge in [0.15, 0.2) is 0 Å². The second kappa shape index (κ2) is 11.5. The van der Waals surface area contributed by atoms with Crippen molar-refractivity contribution in [2.45, 2.75) is 31.7 Å². The summed E-state index contributed by atoms with van der Waals surface area (Å²) in [5.41, 5.74) is 3.29. The van der Waals surface area contributed by atoms with Crippen LogP contribution in [0.1, 0.15) is 16.8 Å². The van der Waals surface area contributed by atoms with E-state index in [1.54, 1.807) is 51.1 Å².